The van der Waals surface area contributed by atoms with Gasteiger partial charge in [0.25, 0.3) is 0 Å². The zero-order valence-electron chi connectivity index (χ0n) is 29.5. The lowest BCUT2D eigenvalue weighted by Crippen LogP contribution is -2.38. The average Bonchev–Trinajstić information content (AvgIpc) is 3.62. The van der Waals surface area contributed by atoms with Crippen molar-refractivity contribution in [2.24, 2.45) is 13.0 Å². The number of rotatable bonds is 12. The van der Waals surface area contributed by atoms with Gasteiger partial charge in [-0.25, -0.2) is 4.79 Å². The third kappa shape index (κ3) is 9.13. The van der Waals surface area contributed by atoms with Gasteiger partial charge in [0.15, 0.2) is 11.4 Å². The summed E-state index contributed by atoms with van der Waals surface area (Å²) in [6.07, 6.45) is 0.794. The minimum absolute atomic E-state index is 0.00717. The van der Waals surface area contributed by atoms with E-state index in [9.17, 15) is 9.90 Å². The van der Waals surface area contributed by atoms with Crippen LogP contribution in [-0.2, 0) is 29.7 Å². The quantitative estimate of drug-likeness (QED) is 0.107. The van der Waals surface area contributed by atoms with E-state index in [0.717, 1.165) is 44.3 Å². The molecular formula is C42H41N5O5S. The number of thioether (sulfide) groups is 1. The average molecular weight is 728 g/mol. The molecule has 5 aromatic carbocycles. The van der Waals surface area contributed by atoms with Gasteiger partial charge in [-0.15, -0.1) is 10.2 Å². The summed E-state index contributed by atoms with van der Waals surface area (Å²) in [5.74, 6) is 2.18. The fraction of sp³-hybridized carbons (Fsp3) is 0.214. The number of aryl methyl sites for hydroxylation is 1. The number of hydrogen-bond donors (Lipinski definition) is 3. The Morgan fingerprint density at radius 2 is 1.57 bits per heavy atom. The van der Waals surface area contributed by atoms with Crippen molar-refractivity contribution < 1.29 is 24.1 Å². The SMILES string of the molecule is CC1C(CSc2nncn2C)OC(c2ccc(-c3cccc(CNC(=O)Nc4ccc(Oc5ccccc5)cc4)c3)cc2)OC1c1ccc(CO)cc1. The number of para-hydroxylation sites is 1. The van der Waals surface area contributed by atoms with Crippen LogP contribution in [0.3, 0.4) is 0 Å². The molecule has 0 saturated carbocycles. The normalized spacial score (nSPS) is 18.3. The number of carbonyl (C=O) groups excluding carboxylic acids is 1. The van der Waals surface area contributed by atoms with Crippen LogP contribution in [0.25, 0.3) is 11.1 Å². The summed E-state index contributed by atoms with van der Waals surface area (Å²) in [6.45, 7) is 2.51. The van der Waals surface area contributed by atoms with Crippen molar-refractivity contribution in [3.63, 3.8) is 0 Å². The first kappa shape index (κ1) is 35.9. The second-order valence-electron chi connectivity index (χ2n) is 12.9. The molecule has 1 aliphatic heterocycles. The maximum atomic E-state index is 12.7. The second-order valence-corrected chi connectivity index (χ2v) is 13.9. The molecule has 2 amide bonds. The molecule has 53 heavy (non-hydrogen) atoms. The van der Waals surface area contributed by atoms with Gasteiger partial charge >= 0.3 is 6.03 Å². The van der Waals surface area contributed by atoms with Crippen LogP contribution in [0, 0.1) is 5.92 Å². The molecule has 1 aliphatic rings. The van der Waals surface area contributed by atoms with Gasteiger partial charge in [-0.3, -0.25) is 0 Å². The minimum Gasteiger partial charge on any atom is -0.457 e. The van der Waals surface area contributed by atoms with E-state index in [4.69, 9.17) is 14.2 Å². The molecule has 4 unspecified atom stereocenters. The van der Waals surface area contributed by atoms with Crippen molar-refractivity contribution in [2.45, 2.75) is 43.7 Å². The molecule has 11 heteroatoms. The number of aliphatic hydroxyl groups excluding tert-OH is 1. The van der Waals surface area contributed by atoms with Gasteiger partial charge in [-0.1, -0.05) is 104 Å². The zero-order valence-corrected chi connectivity index (χ0v) is 30.3. The molecule has 6 aromatic rings. The summed E-state index contributed by atoms with van der Waals surface area (Å²) >= 11 is 1.61. The molecule has 0 spiro atoms. The molecule has 270 valence electrons. The van der Waals surface area contributed by atoms with E-state index in [1.165, 1.54) is 0 Å². The Balaban J connectivity index is 0.985. The lowest BCUT2D eigenvalue weighted by Gasteiger charge is -2.41. The van der Waals surface area contributed by atoms with Crippen molar-refractivity contribution >= 4 is 23.5 Å². The maximum Gasteiger partial charge on any atom is 0.319 e. The Morgan fingerprint density at radius 3 is 2.28 bits per heavy atom. The Kier molecular flexibility index (Phi) is 11.5. The van der Waals surface area contributed by atoms with Gasteiger partial charge in [0.2, 0.25) is 0 Å². The highest BCUT2D eigenvalue weighted by Crippen LogP contribution is 2.43. The number of nitrogens with zero attached hydrogens (tertiary/aromatic N) is 3. The molecule has 1 saturated heterocycles. The van der Waals surface area contributed by atoms with Crippen molar-refractivity contribution in [3.05, 3.63) is 156 Å². The van der Waals surface area contributed by atoms with Crippen LogP contribution in [0.4, 0.5) is 10.5 Å². The highest BCUT2D eigenvalue weighted by Gasteiger charge is 2.38. The maximum absolute atomic E-state index is 12.7. The summed E-state index contributed by atoms with van der Waals surface area (Å²) in [6, 6.07) is 40.8. The summed E-state index contributed by atoms with van der Waals surface area (Å²) < 4.78 is 21.0. The molecule has 0 aliphatic carbocycles. The molecular weight excluding hydrogens is 687 g/mol. The van der Waals surface area contributed by atoms with Crippen molar-refractivity contribution in [2.75, 3.05) is 11.1 Å². The smallest absolute Gasteiger partial charge is 0.319 e. The van der Waals surface area contributed by atoms with E-state index in [1.807, 2.05) is 103 Å². The molecule has 4 atom stereocenters. The fourth-order valence-electron chi connectivity index (χ4n) is 6.15. The number of urea groups is 1. The van der Waals surface area contributed by atoms with Crippen LogP contribution >= 0.6 is 11.8 Å². The largest absolute Gasteiger partial charge is 0.457 e. The van der Waals surface area contributed by atoms with Gasteiger partial charge in [0.05, 0.1) is 18.8 Å². The highest BCUT2D eigenvalue weighted by molar-refractivity contribution is 7.99. The number of amides is 2. The van der Waals surface area contributed by atoms with Gasteiger partial charge < -0.3 is 34.5 Å². The molecule has 0 radical (unpaired) electrons. The fourth-order valence-corrected chi connectivity index (χ4v) is 7.20. The molecule has 3 N–H and O–H groups in total. The van der Waals surface area contributed by atoms with Crippen molar-refractivity contribution in [1.82, 2.24) is 20.1 Å². The van der Waals surface area contributed by atoms with Gasteiger partial charge in [-0.2, -0.15) is 0 Å². The summed E-state index contributed by atoms with van der Waals surface area (Å²) in [5, 5.41) is 24.5. The predicted octanol–water partition coefficient (Wildman–Crippen LogP) is 8.67. The number of anilines is 1. The van der Waals surface area contributed by atoms with Crippen molar-refractivity contribution in [3.8, 4) is 22.6 Å². The van der Waals surface area contributed by atoms with Crippen LogP contribution in [0.5, 0.6) is 11.5 Å². The third-order valence-corrected chi connectivity index (χ3v) is 10.3. The van der Waals surface area contributed by atoms with Gasteiger partial charge in [-0.05, 0) is 70.3 Å². The lowest BCUT2D eigenvalue weighted by molar-refractivity contribution is -0.268. The highest BCUT2D eigenvalue weighted by atomic mass is 32.2. The monoisotopic (exact) mass is 727 g/mol. The predicted molar refractivity (Wildman–Crippen MR) is 205 cm³/mol. The number of nitrogens with one attached hydrogen (secondary N) is 2. The summed E-state index contributed by atoms with van der Waals surface area (Å²) in [5.41, 5.74) is 6.52. The Labute approximate surface area is 313 Å². The molecule has 1 aromatic heterocycles. The van der Waals surface area contributed by atoms with Crippen LogP contribution < -0.4 is 15.4 Å². The molecule has 2 heterocycles. The van der Waals surface area contributed by atoms with E-state index in [1.54, 1.807) is 30.2 Å². The Morgan fingerprint density at radius 1 is 0.830 bits per heavy atom. The summed E-state index contributed by atoms with van der Waals surface area (Å²) in [7, 11) is 1.93. The molecule has 7 rings (SSSR count). The molecule has 1 fully saturated rings. The first-order valence-electron chi connectivity index (χ1n) is 17.5. The van der Waals surface area contributed by atoms with Gasteiger partial charge in [0.1, 0.15) is 17.8 Å². The van der Waals surface area contributed by atoms with Crippen molar-refractivity contribution in [1.29, 1.82) is 0 Å². The van der Waals surface area contributed by atoms with Crippen LogP contribution in [0.1, 0.15) is 41.6 Å². The molecule has 10 nitrogen and oxygen atoms in total. The van der Waals surface area contributed by atoms with E-state index in [-0.39, 0.29) is 30.8 Å². The number of hydrogen-bond acceptors (Lipinski definition) is 8. The van der Waals surface area contributed by atoms with Gasteiger partial charge in [0, 0.05) is 36.5 Å². The third-order valence-electron chi connectivity index (χ3n) is 9.16. The topological polar surface area (TPSA) is 120 Å². The summed E-state index contributed by atoms with van der Waals surface area (Å²) in [4.78, 5) is 12.7. The second kappa shape index (κ2) is 16.9. The van der Waals surface area contributed by atoms with E-state index >= 15 is 0 Å². The molecule has 0 bridgehead atoms. The Bertz CT molecular complexity index is 2090. The number of benzene rings is 5. The van der Waals surface area contributed by atoms with Crippen LogP contribution in [0.15, 0.2) is 139 Å². The van der Waals surface area contributed by atoms with E-state index in [0.29, 0.717) is 23.7 Å². The van der Waals surface area contributed by atoms with Crippen LogP contribution in [-0.4, -0.2) is 37.8 Å². The van der Waals surface area contributed by atoms with E-state index in [2.05, 4.69) is 52.0 Å². The van der Waals surface area contributed by atoms with Crippen LogP contribution in [0.2, 0.25) is 0 Å². The number of aliphatic hydroxyl groups is 1. The Hall–Kier alpha value is -5.46. The van der Waals surface area contributed by atoms with E-state index < -0.39 is 6.29 Å². The number of aromatic nitrogens is 3. The lowest BCUT2D eigenvalue weighted by atomic mass is 9.91. The minimum atomic E-state index is -0.575. The first-order valence-corrected chi connectivity index (χ1v) is 18.4. The standard InChI is InChI=1S/C42H41N5O5S/c1-28-38(26-53-42-46-44-27-47(42)2)51-40(52-39(28)32-13-11-29(25-48)12-14-32)33-17-15-31(16-18-33)34-8-6-7-30(23-34)24-43-41(49)45-35-19-21-37(22-20-35)50-36-9-4-3-5-10-36/h3-23,27-28,38-40,48H,24-26H2,1-2H3,(H2,43,45,49). The first-order chi connectivity index (χ1) is 25.9. The number of ether oxygens (including phenoxy) is 3. The zero-order chi connectivity index (χ0) is 36.6. The number of carbonyl (C=O) groups is 1.